The van der Waals surface area contributed by atoms with Crippen molar-refractivity contribution in [3.8, 4) is 28.8 Å². The lowest BCUT2D eigenvalue weighted by Gasteiger charge is -2.15. The van der Waals surface area contributed by atoms with Crippen molar-refractivity contribution >= 4 is 27.6 Å². The van der Waals surface area contributed by atoms with E-state index in [0.29, 0.717) is 57.1 Å². The van der Waals surface area contributed by atoms with Crippen molar-refractivity contribution in [3.05, 3.63) is 42.0 Å². The molecule has 9 heteroatoms. The smallest absolute Gasteiger partial charge is 0.174 e. The van der Waals surface area contributed by atoms with Gasteiger partial charge in [0.05, 0.1) is 28.4 Å². The predicted octanol–water partition coefficient (Wildman–Crippen LogP) is 4.32. The van der Waals surface area contributed by atoms with Gasteiger partial charge in [-0.25, -0.2) is 14.4 Å². The zero-order valence-electron chi connectivity index (χ0n) is 18.6. The summed E-state index contributed by atoms with van der Waals surface area (Å²) in [5, 5.41) is 23.1. The van der Waals surface area contributed by atoms with Gasteiger partial charge in [0.2, 0.25) is 0 Å². The molecular formula is C24H24FN5O3. The van der Waals surface area contributed by atoms with E-state index in [2.05, 4.69) is 20.3 Å². The standard InChI is InChI=1S/C24H24FN5O3/c1-4-16(31)12-33-19-6-5-14(9-20(19)32-8-7-26)22-21-17-10-15(25)11-18(27-3)23(17)30-24(21)29-13(2)28-22/h5-6,9-11,16,27,31H,4,8,12H2,1-3H3,(H,28,29,30)/t16-/m1/s1. The minimum Gasteiger partial charge on any atom is -0.487 e. The quantitative estimate of drug-likeness (QED) is 0.367. The first kappa shape index (κ1) is 22.3. The first-order valence-electron chi connectivity index (χ1n) is 10.6. The van der Waals surface area contributed by atoms with Crippen LogP contribution in [0.4, 0.5) is 10.1 Å². The first-order valence-corrected chi connectivity index (χ1v) is 10.6. The molecule has 0 aliphatic carbocycles. The molecule has 4 aromatic rings. The number of rotatable bonds is 8. The predicted molar refractivity (Wildman–Crippen MR) is 124 cm³/mol. The minimum absolute atomic E-state index is 0.101. The Morgan fingerprint density at radius 3 is 2.76 bits per heavy atom. The number of nitrogens with zero attached hydrogens (tertiary/aromatic N) is 3. The Balaban J connectivity index is 1.89. The highest BCUT2D eigenvalue weighted by Gasteiger charge is 2.19. The molecular weight excluding hydrogens is 425 g/mol. The molecule has 2 aromatic carbocycles. The molecule has 170 valence electrons. The summed E-state index contributed by atoms with van der Waals surface area (Å²) in [6, 6.07) is 10.1. The molecule has 8 nitrogen and oxygen atoms in total. The molecule has 1 atom stereocenters. The summed E-state index contributed by atoms with van der Waals surface area (Å²) < 4.78 is 25.7. The van der Waals surface area contributed by atoms with Crippen LogP contribution in [0.3, 0.4) is 0 Å². The molecule has 0 aliphatic heterocycles. The molecule has 2 aromatic heterocycles. The summed E-state index contributed by atoms with van der Waals surface area (Å²) in [5.74, 6) is 0.923. The number of aliphatic hydroxyl groups is 1. The zero-order valence-corrected chi connectivity index (χ0v) is 18.6. The molecule has 0 saturated carbocycles. The molecule has 33 heavy (non-hydrogen) atoms. The SMILES string of the molecule is CC[C@@H](O)COc1ccc(-c2nc(C)nc3[nH]c4c(NC)cc(F)cc4c23)cc1OCC#N. The highest BCUT2D eigenvalue weighted by Crippen LogP contribution is 2.39. The summed E-state index contributed by atoms with van der Waals surface area (Å²) in [4.78, 5) is 12.4. The van der Waals surface area contributed by atoms with Crippen LogP contribution < -0.4 is 14.8 Å². The average molecular weight is 449 g/mol. The Kier molecular flexibility index (Phi) is 6.29. The van der Waals surface area contributed by atoms with Gasteiger partial charge < -0.3 is 24.9 Å². The number of anilines is 1. The number of benzene rings is 2. The van der Waals surface area contributed by atoms with E-state index >= 15 is 0 Å². The largest absolute Gasteiger partial charge is 0.487 e. The van der Waals surface area contributed by atoms with Gasteiger partial charge >= 0.3 is 0 Å². The number of aliphatic hydroxyl groups excluding tert-OH is 1. The second-order valence-corrected chi connectivity index (χ2v) is 7.58. The van der Waals surface area contributed by atoms with Crippen molar-refractivity contribution in [2.45, 2.75) is 26.4 Å². The molecule has 0 saturated heterocycles. The average Bonchev–Trinajstić information content (AvgIpc) is 3.18. The molecule has 2 heterocycles. The Morgan fingerprint density at radius 2 is 2.03 bits per heavy atom. The number of nitrogens with one attached hydrogen (secondary N) is 2. The molecule has 0 amide bonds. The molecule has 0 fully saturated rings. The van der Waals surface area contributed by atoms with E-state index in [9.17, 15) is 9.50 Å². The van der Waals surface area contributed by atoms with Crippen molar-refractivity contribution in [2.75, 3.05) is 25.6 Å². The number of aromatic amines is 1. The van der Waals surface area contributed by atoms with Crippen molar-refractivity contribution in [2.24, 2.45) is 0 Å². The van der Waals surface area contributed by atoms with Gasteiger partial charge in [0, 0.05) is 18.0 Å². The van der Waals surface area contributed by atoms with Crippen LogP contribution in [0.5, 0.6) is 11.5 Å². The van der Waals surface area contributed by atoms with Crippen LogP contribution in [0.1, 0.15) is 19.2 Å². The second-order valence-electron chi connectivity index (χ2n) is 7.58. The van der Waals surface area contributed by atoms with Crippen molar-refractivity contribution in [1.29, 1.82) is 5.26 Å². The number of H-pyrrole nitrogens is 1. The Labute approximate surface area is 190 Å². The van der Waals surface area contributed by atoms with Crippen LogP contribution >= 0.6 is 0 Å². The molecule has 0 bridgehead atoms. The normalized spacial score (nSPS) is 12.0. The van der Waals surface area contributed by atoms with Crippen LogP contribution in [0.15, 0.2) is 30.3 Å². The summed E-state index contributed by atoms with van der Waals surface area (Å²) in [7, 11) is 1.73. The van der Waals surface area contributed by atoms with E-state index in [1.807, 2.05) is 19.1 Å². The summed E-state index contributed by atoms with van der Waals surface area (Å²) >= 11 is 0. The topological polar surface area (TPSA) is 116 Å². The monoisotopic (exact) mass is 449 g/mol. The van der Waals surface area contributed by atoms with E-state index in [0.717, 1.165) is 5.52 Å². The third-order valence-corrected chi connectivity index (χ3v) is 5.32. The van der Waals surface area contributed by atoms with Gasteiger partial charge in [-0.05, 0) is 43.7 Å². The number of aromatic nitrogens is 3. The fourth-order valence-corrected chi connectivity index (χ4v) is 3.68. The fourth-order valence-electron chi connectivity index (χ4n) is 3.68. The number of nitriles is 1. The van der Waals surface area contributed by atoms with Gasteiger partial charge in [0.1, 0.15) is 30.0 Å². The first-order chi connectivity index (χ1) is 15.9. The summed E-state index contributed by atoms with van der Waals surface area (Å²) in [6.07, 6.45) is -0.0590. The summed E-state index contributed by atoms with van der Waals surface area (Å²) in [6.45, 7) is 3.57. The molecule has 4 rings (SSSR count). The van der Waals surface area contributed by atoms with Gasteiger partial charge in [-0.2, -0.15) is 5.26 Å². The van der Waals surface area contributed by atoms with Gasteiger partial charge in [0.25, 0.3) is 0 Å². The minimum atomic E-state index is -0.611. The highest BCUT2D eigenvalue weighted by atomic mass is 19.1. The van der Waals surface area contributed by atoms with Crippen molar-refractivity contribution in [1.82, 2.24) is 15.0 Å². The Morgan fingerprint density at radius 1 is 1.21 bits per heavy atom. The van der Waals surface area contributed by atoms with E-state index < -0.39 is 6.10 Å². The van der Waals surface area contributed by atoms with E-state index in [1.54, 1.807) is 26.1 Å². The third-order valence-electron chi connectivity index (χ3n) is 5.32. The van der Waals surface area contributed by atoms with Crippen LogP contribution in [0, 0.1) is 24.1 Å². The second kappa shape index (κ2) is 9.30. The van der Waals surface area contributed by atoms with Crippen molar-refractivity contribution < 1.29 is 19.0 Å². The maximum atomic E-state index is 14.4. The van der Waals surface area contributed by atoms with E-state index in [4.69, 9.17) is 14.7 Å². The van der Waals surface area contributed by atoms with Gasteiger partial charge in [-0.1, -0.05) is 6.92 Å². The van der Waals surface area contributed by atoms with E-state index in [-0.39, 0.29) is 19.0 Å². The van der Waals surface area contributed by atoms with Gasteiger partial charge in [0.15, 0.2) is 18.1 Å². The number of hydrogen-bond donors (Lipinski definition) is 3. The zero-order chi connectivity index (χ0) is 23.5. The molecule has 0 unspecified atom stereocenters. The van der Waals surface area contributed by atoms with Gasteiger partial charge in [-0.15, -0.1) is 0 Å². The maximum Gasteiger partial charge on any atom is 0.174 e. The lowest BCUT2D eigenvalue weighted by Crippen LogP contribution is -2.16. The number of halogens is 1. The maximum absolute atomic E-state index is 14.4. The summed E-state index contributed by atoms with van der Waals surface area (Å²) in [5.41, 5.74) is 3.21. The van der Waals surface area contributed by atoms with Crippen molar-refractivity contribution in [3.63, 3.8) is 0 Å². The highest BCUT2D eigenvalue weighted by molar-refractivity contribution is 6.15. The Bertz CT molecular complexity index is 1360. The molecule has 0 spiro atoms. The number of hydrogen-bond acceptors (Lipinski definition) is 7. The van der Waals surface area contributed by atoms with Crippen LogP contribution in [-0.4, -0.2) is 46.4 Å². The van der Waals surface area contributed by atoms with Gasteiger partial charge in [-0.3, -0.25) is 0 Å². The van der Waals surface area contributed by atoms with Crippen LogP contribution in [0.2, 0.25) is 0 Å². The number of ether oxygens (including phenoxy) is 2. The third kappa shape index (κ3) is 4.38. The molecule has 0 radical (unpaired) electrons. The number of aryl methyl sites for hydroxylation is 1. The number of fused-ring (bicyclic) bond motifs is 3. The lowest BCUT2D eigenvalue weighted by molar-refractivity contribution is 0.102. The van der Waals surface area contributed by atoms with Crippen LogP contribution in [0.25, 0.3) is 33.2 Å². The van der Waals surface area contributed by atoms with E-state index in [1.165, 1.54) is 12.1 Å². The van der Waals surface area contributed by atoms with Crippen LogP contribution in [-0.2, 0) is 0 Å². The molecule has 0 aliphatic rings. The molecule has 3 N–H and O–H groups in total. The fraction of sp³-hybridized carbons (Fsp3) is 0.292. The lowest BCUT2D eigenvalue weighted by atomic mass is 10.0. The Hall–Kier alpha value is -3.90.